The van der Waals surface area contributed by atoms with Crippen LogP contribution in [0.15, 0.2) is 15.9 Å². The molecule has 0 radical (unpaired) electrons. The summed E-state index contributed by atoms with van der Waals surface area (Å²) in [7, 11) is 0. The van der Waals surface area contributed by atoms with E-state index in [1.165, 1.54) is 11.3 Å². The van der Waals surface area contributed by atoms with Crippen LogP contribution < -0.4 is 11.3 Å². The van der Waals surface area contributed by atoms with Gasteiger partial charge in [0.1, 0.15) is 5.60 Å². The highest BCUT2D eigenvalue weighted by molar-refractivity contribution is 9.11. The summed E-state index contributed by atoms with van der Waals surface area (Å²) in [6.45, 7) is 2.07. The highest BCUT2D eigenvalue weighted by atomic mass is 79.9. The highest BCUT2D eigenvalue weighted by Crippen LogP contribution is 2.30. The van der Waals surface area contributed by atoms with Crippen LogP contribution in [-0.4, -0.2) is 11.7 Å². The molecular weight excluding hydrogens is 240 g/mol. The lowest BCUT2D eigenvalue weighted by Gasteiger charge is -2.20. The van der Waals surface area contributed by atoms with E-state index >= 15 is 0 Å². The van der Waals surface area contributed by atoms with Crippen LogP contribution in [0.2, 0.25) is 0 Å². The maximum Gasteiger partial charge on any atom is 0.110 e. The van der Waals surface area contributed by atoms with Crippen molar-refractivity contribution in [3.05, 3.63) is 20.8 Å². The molecular formula is C7H11BrN2OS. The minimum Gasteiger partial charge on any atom is -0.383 e. The number of hydrogen-bond donors (Lipinski definition) is 3. The molecule has 1 aromatic heterocycles. The van der Waals surface area contributed by atoms with Gasteiger partial charge in [0.25, 0.3) is 0 Å². The van der Waals surface area contributed by atoms with Crippen LogP contribution in [0.25, 0.3) is 0 Å². The molecule has 0 aliphatic carbocycles. The number of aliphatic hydroxyl groups is 1. The number of nitrogens with one attached hydrogen (secondary N) is 1. The second-order valence-electron chi connectivity index (χ2n) is 2.76. The zero-order valence-corrected chi connectivity index (χ0v) is 9.08. The Labute approximate surface area is 83.7 Å². The molecule has 0 bridgehead atoms. The Morgan fingerprint density at radius 3 is 2.83 bits per heavy atom. The molecule has 4 N–H and O–H groups in total. The molecule has 5 heteroatoms. The largest absolute Gasteiger partial charge is 0.383 e. The normalized spacial score (nSPS) is 16.0. The zero-order valence-electron chi connectivity index (χ0n) is 6.67. The lowest BCUT2D eigenvalue weighted by atomic mass is 10.1. The predicted octanol–water partition coefficient (Wildman–Crippen LogP) is 1.18. The Morgan fingerprint density at radius 1 is 1.75 bits per heavy atom. The lowest BCUT2D eigenvalue weighted by Crippen LogP contribution is -2.38. The van der Waals surface area contributed by atoms with Crippen molar-refractivity contribution in [2.75, 3.05) is 6.54 Å². The van der Waals surface area contributed by atoms with Gasteiger partial charge in [-0.25, -0.2) is 0 Å². The van der Waals surface area contributed by atoms with Crippen LogP contribution in [0.5, 0.6) is 0 Å². The van der Waals surface area contributed by atoms with E-state index in [9.17, 15) is 5.11 Å². The van der Waals surface area contributed by atoms with Crippen molar-refractivity contribution in [2.45, 2.75) is 12.5 Å². The van der Waals surface area contributed by atoms with E-state index in [4.69, 9.17) is 5.84 Å². The first kappa shape index (κ1) is 10.1. The minimum atomic E-state index is -0.883. The molecule has 12 heavy (non-hydrogen) atoms. The van der Waals surface area contributed by atoms with Crippen LogP contribution in [0, 0.1) is 0 Å². The summed E-state index contributed by atoms with van der Waals surface area (Å²) in [5, 5.41) is 9.85. The van der Waals surface area contributed by atoms with Crippen molar-refractivity contribution in [3.63, 3.8) is 0 Å². The standard InChI is InChI=1S/C7H11BrN2OS/c1-7(11,4-10-9)5-2-3-6(8)12-5/h2-3,10-11H,4,9H2,1H3. The Kier molecular flexibility index (Phi) is 3.25. The van der Waals surface area contributed by atoms with Gasteiger partial charge in [-0.2, -0.15) is 0 Å². The second-order valence-corrected chi connectivity index (χ2v) is 5.22. The highest BCUT2D eigenvalue weighted by Gasteiger charge is 2.23. The van der Waals surface area contributed by atoms with E-state index < -0.39 is 5.60 Å². The first-order valence-electron chi connectivity index (χ1n) is 3.48. The molecule has 0 spiro atoms. The summed E-state index contributed by atoms with van der Waals surface area (Å²) in [6, 6.07) is 3.79. The molecule has 1 atom stereocenters. The van der Waals surface area contributed by atoms with Gasteiger partial charge in [-0.1, -0.05) is 0 Å². The number of thiophene rings is 1. The molecule has 0 saturated carbocycles. The van der Waals surface area contributed by atoms with Gasteiger partial charge < -0.3 is 5.11 Å². The van der Waals surface area contributed by atoms with Gasteiger partial charge in [0.2, 0.25) is 0 Å². The number of halogens is 1. The quantitative estimate of drug-likeness (QED) is 0.558. The van der Waals surface area contributed by atoms with Crippen LogP contribution in [0.4, 0.5) is 0 Å². The van der Waals surface area contributed by atoms with Crippen LogP contribution in [-0.2, 0) is 5.60 Å². The number of hydrazine groups is 1. The average Bonchev–Trinajstić information content (AvgIpc) is 2.36. The molecule has 3 nitrogen and oxygen atoms in total. The van der Waals surface area contributed by atoms with Gasteiger partial charge in [0.15, 0.2) is 0 Å². The fourth-order valence-electron chi connectivity index (χ4n) is 0.890. The first-order valence-corrected chi connectivity index (χ1v) is 5.09. The van der Waals surface area contributed by atoms with Crippen molar-refractivity contribution < 1.29 is 5.11 Å². The minimum absolute atomic E-state index is 0.347. The third-order valence-electron chi connectivity index (χ3n) is 1.55. The maximum atomic E-state index is 9.85. The SMILES string of the molecule is CC(O)(CNN)c1ccc(Br)s1. The Morgan fingerprint density at radius 2 is 2.42 bits per heavy atom. The van der Waals surface area contributed by atoms with Crippen molar-refractivity contribution in [3.8, 4) is 0 Å². The Hall–Kier alpha value is 0.0600. The van der Waals surface area contributed by atoms with Gasteiger partial charge in [-0.15, -0.1) is 11.3 Å². The molecule has 0 saturated heterocycles. The lowest BCUT2D eigenvalue weighted by molar-refractivity contribution is 0.0610. The summed E-state index contributed by atoms with van der Waals surface area (Å²) in [4.78, 5) is 0.896. The molecule has 1 rings (SSSR count). The zero-order chi connectivity index (χ0) is 9.19. The van der Waals surface area contributed by atoms with Gasteiger partial charge in [-0.05, 0) is 35.0 Å². The van der Waals surface area contributed by atoms with Crippen molar-refractivity contribution in [2.24, 2.45) is 5.84 Å². The molecule has 0 amide bonds. The molecule has 0 aliphatic heterocycles. The average molecular weight is 251 g/mol. The summed E-state index contributed by atoms with van der Waals surface area (Å²) < 4.78 is 1.01. The maximum absolute atomic E-state index is 9.85. The van der Waals surface area contributed by atoms with Crippen LogP contribution in [0.1, 0.15) is 11.8 Å². The third kappa shape index (κ3) is 2.27. The molecule has 68 valence electrons. The number of nitrogens with two attached hydrogens (primary N) is 1. The van der Waals surface area contributed by atoms with E-state index in [1.807, 2.05) is 12.1 Å². The van der Waals surface area contributed by atoms with E-state index in [1.54, 1.807) is 6.92 Å². The molecule has 0 aliphatic rings. The Balaban J connectivity index is 2.81. The van der Waals surface area contributed by atoms with E-state index in [0.717, 1.165) is 8.66 Å². The van der Waals surface area contributed by atoms with Gasteiger partial charge in [0.05, 0.1) is 3.79 Å². The van der Waals surface area contributed by atoms with Crippen LogP contribution >= 0.6 is 27.3 Å². The smallest absolute Gasteiger partial charge is 0.110 e. The van der Waals surface area contributed by atoms with Gasteiger partial charge >= 0.3 is 0 Å². The van der Waals surface area contributed by atoms with E-state index in [2.05, 4.69) is 21.4 Å². The second kappa shape index (κ2) is 3.85. The summed E-state index contributed by atoms with van der Waals surface area (Å²) in [5.41, 5.74) is 1.57. The van der Waals surface area contributed by atoms with E-state index in [0.29, 0.717) is 6.54 Å². The third-order valence-corrected chi connectivity index (χ3v) is 3.43. The predicted molar refractivity (Wildman–Crippen MR) is 53.8 cm³/mol. The van der Waals surface area contributed by atoms with Gasteiger partial charge in [-0.3, -0.25) is 11.3 Å². The van der Waals surface area contributed by atoms with Crippen molar-refractivity contribution in [1.82, 2.24) is 5.43 Å². The molecule has 1 aromatic rings. The summed E-state index contributed by atoms with van der Waals surface area (Å²) in [5.74, 6) is 5.14. The van der Waals surface area contributed by atoms with Gasteiger partial charge in [0, 0.05) is 11.4 Å². The molecule has 0 aromatic carbocycles. The van der Waals surface area contributed by atoms with E-state index in [-0.39, 0.29) is 0 Å². The monoisotopic (exact) mass is 250 g/mol. The first-order chi connectivity index (χ1) is 5.56. The molecule has 0 fully saturated rings. The topological polar surface area (TPSA) is 58.3 Å². The molecule has 1 heterocycles. The number of rotatable bonds is 3. The van der Waals surface area contributed by atoms with Crippen molar-refractivity contribution in [1.29, 1.82) is 0 Å². The molecule has 1 unspecified atom stereocenters. The fourth-order valence-corrected chi connectivity index (χ4v) is 2.32. The number of hydrogen-bond acceptors (Lipinski definition) is 4. The summed E-state index contributed by atoms with van der Waals surface area (Å²) >= 11 is 4.84. The fraction of sp³-hybridized carbons (Fsp3) is 0.429. The Bertz CT molecular complexity index is 262. The van der Waals surface area contributed by atoms with Crippen molar-refractivity contribution >= 4 is 27.3 Å². The summed E-state index contributed by atoms with van der Waals surface area (Å²) in [6.07, 6.45) is 0. The van der Waals surface area contributed by atoms with Crippen LogP contribution in [0.3, 0.4) is 0 Å².